The second-order valence-electron chi connectivity index (χ2n) is 7.35. The lowest BCUT2D eigenvalue weighted by Crippen LogP contribution is -2.49. The van der Waals surface area contributed by atoms with Crippen molar-refractivity contribution in [1.29, 1.82) is 0 Å². The van der Waals surface area contributed by atoms with E-state index < -0.39 is 0 Å². The summed E-state index contributed by atoms with van der Waals surface area (Å²) in [5, 5.41) is 0. The molecule has 2 heterocycles. The average molecular weight is 368 g/mol. The summed E-state index contributed by atoms with van der Waals surface area (Å²) in [5.74, 6) is 0.571. The second-order valence-corrected chi connectivity index (χ2v) is 7.35. The van der Waals surface area contributed by atoms with Gasteiger partial charge in [-0.1, -0.05) is 30.3 Å². The molecule has 0 saturated carbocycles. The van der Waals surface area contributed by atoms with E-state index in [1.165, 1.54) is 11.8 Å². The fraction of sp³-hybridized carbons (Fsp3) is 0.476. The molecule has 6 nitrogen and oxygen atoms in total. The van der Waals surface area contributed by atoms with Gasteiger partial charge in [0.05, 0.1) is 6.42 Å². The Morgan fingerprint density at radius 2 is 2.11 bits per heavy atom. The van der Waals surface area contributed by atoms with Gasteiger partial charge in [0.1, 0.15) is 5.82 Å². The van der Waals surface area contributed by atoms with Crippen LogP contribution in [0.1, 0.15) is 29.8 Å². The van der Waals surface area contributed by atoms with Gasteiger partial charge in [-0.25, -0.2) is 4.98 Å². The number of carbonyl (C=O) groups is 1. The van der Waals surface area contributed by atoms with E-state index in [2.05, 4.69) is 46.2 Å². The zero-order valence-electron chi connectivity index (χ0n) is 16.1. The first-order chi connectivity index (χ1) is 13.0. The molecule has 1 atom stereocenters. The molecule has 0 bridgehead atoms. The summed E-state index contributed by atoms with van der Waals surface area (Å²) in [6.45, 7) is 4.19. The Labute approximate surface area is 160 Å². The molecule has 1 aromatic heterocycles. The molecule has 1 saturated heterocycles. The zero-order valence-corrected chi connectivity index (χ0v) is 16.1. The van der Waals surface area contributed by atoms with E-state index >= 15 is 0 Å². The maximum atomic E-state index is 12.7. The molecule has 2 aromatic rings. The summed E-state index contributed by atoms with van der Waals surface area (Å²) >= 11 is 0. The topological polar surface area (TPSA) is 69.3 Å². The van der Waals surface area contributed by atoms with Crippen LogP contribution in [-0.4, -0.2) is 58.4 Å². The van der Waals surface area contributed by atoms with Gasteiger partial charge in [0.15, 0.2) is 0 Å². The highest BCUT2D eigenvalue weighted by atomic mass is 16.2. The number of likely N-dealkylation sites (N-methyl/N-ethyl adjacent to an activating group) is 1. The Morgan fingerprint density at radius 1 is 1.33 bits per heavy atom. The molecule has 1 amide bonds. The number of rotatable bonds is 6. The Hall–Kier alpha value is -2.47. The number of hydrogen-bond acceptors (Lipinski definition) is 4. The molecule has 1 aliphatic rings. The van der Waals surface area contributed by atoms with Gasteiger partial charge in [-0.15, -0.1) is 0 Å². The van der Waals surface area contributed by atoms with Gasteiger partial charge in [0.25, 0.3) is 5.56 Å². The van der Waals surface area contributed by atoms with Crippen LogP contribution >= 0.6 is 0 Å². The first-order valence-corrected chi connectivity index (χ1v) is 9.59. The molecule has 1 fully saturated rings. The molecule has 0 radical (unpaired) electrons. The maximum Gasteiger partial charge on any atom is 0.254 e. The fourth-order valence-electron chi connectivity index (χ4n) is 3.58. The number of H-pyrrole nitrogens is 1. The highest BCUT2D eigenvalue weighted by Crippen LogP contribution is 2.16. The van der Waals surface area contributed by atoms with Gasteiger partial charge in [-0.05, 0) is 38.8 Å². The summed E-state index contributed by atoms with van der Waals surface area (Å²) in [6, 6.07) is 10.8. The van der Waals surface area contributed by atoms with Gasteiger partial charge in [0.2, 0.25) is 5.91 Å². The third kappa shape index (κ3) is 5.26. The lowest BCUT2D eigenvalue weighted by molar-refractivity contribution is -0.132. The molecule has 0 unspecified atom stereocenters. The molecule has 3 rings (SSSR count). The number of carbonyl (C=O) groups excluding carboxylic acids is 1. The van der Waals surface area contributed by atoms with Crippen molar-refractivity contribution < 1.29 is 4.79 Å². The molecule has 144 valence electrons. The third-order valence-electron chi connectivity index (χ3n) is 5.31. The summed E-state index contributed by atoms with van der Waals surface area (Å²) in [6.07, 6.45) is 4.73. The minimum atomic E-state index is -0.218. The number of aromatic amines is 1. The van der Waals surface area contributed by atoms with Crippen molar-refractivity contribution in [2.24, 2.45) is 0 Å². The first-order valence-electron chi connectivity index (χ1n) is 9.59. The highest BCUT2D eigenvalue weighted by molar-refractivity contribution is 5.78. The molecule has 0 spiro atoms. The molecule has 1 aromatic carbocycles. The monoisotopic (exact) mass is 368 g/mol. The van der Waals surface area contributed by atoms with Crippen LogP contribution in [0.15, 0.2) is 41.3 Å². The largest absolute Gasteiger partial charge is 0.341 e. The van der Waals surface area contributed by atoms with Crippen molar-refractivity contribution in [3.05, 3.63) is 63.8 Å². The number of hydrogen-bond donors (Lipinski definition) is 1. The van der Waals surface area contributed by atoms with Crippen molar-refractivity contribution in [2.75, 3.05) is 26.7 Å². The van der Waals surface area contributed by atoms with E-state index in [1.807, 2.05) is 11.0 Å². The van der Waals surface area contributed by atoms with E-state index in [0.717, 1.165) is 38.9 Å². The van der Waals surface area contributed by atoms with Crippen LogP contribution < -0.4 is 5.56 Å². The van der Waals surface area contributed by atoms with Gasteiger partial charge in [-0.3, -0.25) is 9.59 Å². The van der Waals surface area contributed by atoms with Crippen molar-refractivity contribution in [3.8, 4) is 0 Å². The molecular weight excluding hydrogens is 340 g/mol. The number of aryl methyl sites for hydroxylation is 1. The fourth-order valence-corrected chi connectivity index (χ4v) is 3.58. The number of benzene rings is 1. The van der Waals surface area contributed by atoms with E-state index in [1.54, 1.807) is 6.92 Å². The lowest BCUT2D eigenvalue weighted by atomic mass is 10.0. The minimum Gasteiger partial charge on any atom is -0.341 e. The number of nitrogens with one attached hydrogen (secondary N) is 1. The standard InChI is InChI=1S/C21H28N4O2/c1-16-22-14-18(21(27)23-16)13-20(26)25-11-6-9-19(15-25)24(2)12-10-17-7-4-3-5-8-17/h3-5,7-8,14,19H,6,9-13,15H2,1-2H3,(H,22,23,27)/t19-/m1/s1. The minimum absolute atomic E-state index is 0.00677. The van der Waals surface area contributed by atoms with Crippen LogP contribution in [0, 0.1) is 6.92 Å². The van der Waals surface area contributed by atoms with Crippen molar-refractivity contribution in [3.63, 3.8) is 0 Å². The number of aromatic nitrogens is 2. The van der Waals surface area contributed by atoms with Gasteiger partial charge in [-0.2, -0.15) is 0 Å². The molecule has 6 heteroatoms. The van der Waals surface area contributed by atoms with E-state index in [9.17, 15) is 9.59 Å². The number of amides is 1. The Balaban J connectivity index is 1.54. The SMILES string of the molecule is Cc1ncc(CC(=O)N2CCC[C@@H](N(C)CCc3ccccc3)C2)c(=O)[nH]1. The average Bonchev–Trinajstić information content (AvgIpc) is 2.69. The van der Waals surface area contributed by atoms with Crippen LogP contribution in [0.3, 0.4) is 0 Å². The number of likely N-dealkylation sites (tertiary alicyclic amines) is 1. The molecule has 27 heavy (non-hydrogen) atoms. The second kappa shape index (κ2) is 8.95. The van der Waals surface area contributed by atoms with E-state index in [-0.39, 0.29) is 17.9 Å². The summed E-state index contributed by atoms with van der Waals surface area (Å²) in [5.41, 5.74) is 1.55. The molecular formula is C21H28N4O2. The van der Waals surface area contributed by atoms with E-state index in [0.29, 0.717) is 17.4 Å². The van der Waals surface area contributed by atoms with Gasteiger partial charge >= 0.3 is 0 Å². The van der Waals surface area contributed by atoms with Gasteiger partial charge in [0, 0.05) is 37.4 Å². The normalized spacial score (nSPS) is 17.3. The van der Waals surface area contributed by atoms with E-state index in [4.69, 9.17) is 0 Å². The van der Waals surface area contributed by atoms with Gasteiger partial charge < -0.3 is 14.8 Å². The van der Waals surface area contributed by atoms with Crippen molar-refractivity contribution >= 4 is 5.91 Å². The lowest BCUT2D eigenvalue weighted by Gasteiger charge is -2.37. The summed E-state index contributed by atoms with van der Waals surface area (Å²) in [4.78, 5) is 35.7. The third-order valence-corrected chi connectivity index (χ3v) is 5.31. The molecule has 0 aliphatic carbocycles. The van der Waals surface area contributed by atoms with Crippen molar-refractivity contribution in [2.45, 2.75) is 38.6 Å². The Morgan fingerprint density at radius 3 is 2.85 bits per heavy atom. The maximum absolute atomic E-state index is 12.7. The Kier molecular flexibility index (Phi) is 6.40. The quantitative estimate of drug-likeness (QED) is 0.844. The van der Waals surface area contributed by atoms with Crippen LogP contribution in [-0.2, 0) is 17.6 Å². The zero-order chi connectivity index (χ0) is 19.2. The van der Waals surface area contributed by atoms with Crippen LogP contribution in [0.25, 0.3) is 0 Å². The smallest absolute Gasteiger partial charge is 0.254 e. The summed E-state index contributed by atoms with van der Waals surface area (Å²) < 4.78 is 0. The molecule has 1 aliphatic heterocycles. The summed E-state index contributed by atoms with van der Waals surface area (Å²) in [7, 11) is 2.14. The number of nitrogens with zero attached hydrogens (tertiary/aromatic N) is 3. The first kappa shape index (κ1) is 19.3. The predicted molar refractivity (Wildman–Crippen MR) is 106 cm³/mol. The molecule has 1 N–H and O–H groups in total. The van der Waals surface area contributed by atoms with Crippen molar-refractivity contribution in [1.82, 2.24) is 19.8 Å². The van der Waals surface area contributed by atoms with Crippen LogP contribution in [0.2, 0.25) is 0 Å². The number of piperidine rings is 1. The van der Waals surface area contributed by atoms with Crippen LogP contribution in [0.4, 0.5) is 0 Å². The predicted octanol–water partition coefficient (Wildman–Crippen LogP) is 1.79. The van der Waals surface area contributed by atoms with Crippen LogP contribution in [0.5, 0.6) is 0 Å². The highest BCUT2D eigenvalue weighted by Gasteiger charge is 2.26. The Bertz CT molecular complexity index is 818.